The maximum Gasteiger partial charge on any atom is 0.303 e. The Balaban J connectivity index is 1.58. The molecule has 29 heavy (non-hydrogen) atoms. The van der Waals surface area contributed by atoms with Gasteiger partial charge in [-0.05, 0) is 78.6 Å². The summed E-state index contributed by atoms with van der Waals surface area (Å²) in [4.78, 5) is 10.6. The van der Waals surface area contributed by atoms with E-state index in [1.165, 1.54) is 11.1 Å². The van der Waals surface area contributed by atoms with Crippen molar-refractivity contribution in [2.75, 3.05) is 0 Å². The molecule has 2 aromatic rings. The fourth-order valence-electron chi connectivity index (χ4n) is 3.45. The highest BCUT2D eigenvalue weighted by atomic mass is 16.5. The van der Waals surface area contributed by atoms with Crippen LogP contribution in [0.15, 0.2) is 60.7 Å². The summed E-state index contributed by atoms with van der Waals surface area (Å²) >= 11 is 0. The van der Waals surface area contributed by atoms with E-state index in [1.807, 2.05) is 43.3 Å². The van der Waals surface area contributed by atoms with Gasteiger partial charge in [-0.3, -0.25) is 4.79 Å². The molecule has 0 bridgehead atoms. The average Bonchev–Trinajstić information content (AvgIpc) is 2.73. The molecule has 0 spiro atoms. The molecule has 1 atom stereocenters. The molecule has 0 fully saturated rings. The van der Waals surface area contributed by atoms with E-state index >= 15 is 0 Å². The summed E-state index contributed by atoms with van der Waals surface area (Å²) in [5.41, 5.74) is 5.75. The van der Waals surface area contributed by atoms with Gasteiger partial charge in [0.2, 0.25) is 0 Å². The van der Waals surface area contributed by atoms with E-state index in [4.69, 9.17) is 9.84 Å². The first kappa shape index (κ1) is 20.9. The van der Waals surface area contributed by atoms with Crippen molar-refractivity contribution >= 4 is 17.1 Å². The fraction of sp³-hybridized carbons (Fsp3) is 0.320. The van der Waals surface area contributed by atoms with E-state index < -0.39 is 5.97 Å². The molecule has 0 saturated carbocycles. The number of carboxylic acid groups (broad SMARTS) is 1. The Labute approximate surface area is 172 Å². The van der Waals surface area contributed by atoms with Crippen LogP contribution < -0.4 is 4.74 Å². The summed E-state index contributed by atoms with van der Waals surface area (Å²) in [6.07, 6.45) is 7.03. The largest absolute Gasteiger partial charge is 0.489 e. The van der Waals surface area contributed by atoms with Crippen LogP contribution in [0.2, 0.25) is 0 Å². The first-order valence-electron chi connectivity index (χ1n) is 10.1. The second-order valence-electron chi connectivity index (χ2n) is 7.49. The van der Waals surface area contributed by atoms with Gasteiger partial charge in [-0.1, -0.05) is 42.5 Å². The Kier molecular flexibility index (Phi) is 7.25. The van der Waals surface area contributed by atoms with Crippen LogP contribution in [0.1, 0.15) is 55.7 Å². The summed E-state index contributed by atoms with van der Waals surface area (Å²) < 4.78 is 5.94. The van der Waals surface area contributed by atoms with Crippen molar-refractivity contribution in [1.29, 1.82) is 0 Å². The number of ether oxygens (including phenoxy) is 1. The Bertz CT molecular complexity index is 893. The summed E-state index contributed by atoms with van der Waals surface area (Å²) in [5, 5.41) is 18.4. The van der Waals surface area contributed by atoms with E-state index in [0.29, 0.717) is 13.0 Å². The van der Waals surface area contributed by atoms with Gasteiger partial charge in [0.15, 0.2) is 0 Å². The Morgan fingerprint density at radius 1 is 1.21 bits per heavy atom. The summed E-state index contributed by atoms with van der Waals surface area (Å²) in [7, 11) is 0. The SMILES string of the molecule is CC(=CCCC(=O)O)c1ccc(OCc2cccc(C3=CCC(O)CC3)c2)cc1. The third-order valence-corrected chi connectivity index (χ3v) is 5.20. The molecule has 4 nitrogen and oxygen atoms in total. The van der Waals surface area contributed by atoms with Crippen LogP contribution in [-0.4, -0.2) is 22.3 Å². The number of aliphatic carboxylic acids is 1. The lowest BCUT2D eigenvalue weighted by Gasteiger charge is -2.18. The van der Waals surface area contributed by atoms with Crippen LogP contribution in [-0.2, 0) is 11.4 Å². The molecule has 1 unspecified atom stereocenters. The van der Waals surface area contributed by atoms with Crippen molar-refractivity contribution in [3.05, 3.63) is 77.4 Å². The van der Waals surface area contributed by atoms with E-state index in [-0.39, 0.29) is 12.5 Å². The number of hydrogen-bond donors (Lipinski definition) is 2. The van der Waals surface area contributed by atoms with Gasteiger partial charge in [0, 0.05) is 6.42 Å². The third-order valence-electron chi connectivity index (χ3n) is 5.20. The van der Waals surface area contributed by atoms with Gasteiger partial charge < -0.3 is 14.9 Å². The number of allylic oxidation sites excluding steroid dienone is 3. The molecular weight excluding hydrogens is 364 g/mol. The molecule has 0 aliphatic heterocycles. The second kappa shape index (κ2) is 10.1. The lowest BCUT2D eigenvalue weighted by Crippen LogP contribution is -2.09. The molecule has 2 N–H and O–H groups in total. The normalized spacial score (nSPS) is 17.0. The van der Waals surface area contributed by atoms with Gasteiger partial charge in [0.05, 0.1) is 6.10 Å². The summed E-state index contributed by atoms with van der Waals surface area (Å²) in [6, 6.07) is 16.3. The molecule has 152 valence electrons. The van der Waals surface area contributed by atoms with Crippen molar-refractivity contribution in [3.8, 4) is 5.75 Å². The van der Waals surface area contributed by atoms with E-state index in [0.717, 1.165) is 41.7 Å². The molecule has 0 saturated heterocycles. The molecule has 0 radical (unpaired) electrons. The lowest BCUT2D eigenvalue weighted by atomic mass is 9.91. The molecular formula is C25H28O4. The maximum absolute atomic E-state index is 10.6. The predicted molar refractivity (Wildman–Crippen MR) is 116 cm³/mol. The molecule has 1 aliphatic carbocycles. The molecule has 0 heterocycles. The van der Waals surface area contributed by atoms with E-state index in [1.54, 1.807) is 0 Å². The minimum absolute atomic E-state index is 0.148. The minimum Gasteiger partial charge on any atom is -0.489 e. The van der Waals surface area contributed by atoms with Gasteiger partial charge in [-0.2, -0.15) is 0 Å². The van der Waals surface area contributed by atoms with Crippen molar-refractivity contribution in [2.45, 2.75) is 51.7 Å². The van der Waals surface area contributed by atoms with Crippen LogP contribution in [0.5, 0.6) is 5.75 Å². The highest BCUT2D eigenvalue weighted by Gasteiger charge is 2.13. The van der Waals surface area contributed by atoms with Crippen molar-refractivity contribution in [2.24, 2.45) is 0 Å². The number of benzene rings is 2. The Morgan fingerprint density at radius 2 is 2.00 bits per heavy atom. The molecule has 0 amide bonds. The summed E-state index contributed by atoms with van der Waals surface area (Å²) in [6.45, 7) is 2.48. The molecule has 1 aliphatic rings. The zero-order chi connectivity index (χ0) is 20.6. The van der Waals surface area contributed by atoms with Gasteiger partial charge in [-0.15, -0.1) is 0 Å². The van der Waals surface area contributed by atoms with Crippen LogP contribution in [0.3, 0.4) is 0 Å². The fourth-order valence-corrected chi connectivity index (χ4v) is 3.45. The number of carboxylic acids is 1. The maximum atomic E-state index is 10.6. The number of aliphatic hydroxyl groups is 1. The lowest BCUT2D eigenvalue weighted by molar-refractivity contribution is -0.136. The minimum atomic E-state index is -0.778. The number of rotatable bonds is 8. The van der Waals surface area contributed by atoms with Crippen LogP contribution >= 0.6 is 0 Å². The highest BCUT2D eigenvalue weighted by Crippen LogP contribution is 2.28. The first-order valence-corrected chi connectivity index (χ1v) is 10.1. The number of hydrogen-bond acceptors (Lipinski definition) is 3. The van der Waals surface area contributed by atoms with Crippen LogP contribution in [0.4, 0.5) is 0 Å². The smallest absolute Gasteiger partial charge is 0.303 e. The topological polar surface area (TPSA) is 66.8 Å². The van der Waals surface area contributed by atoms with Gasteiger partial charge >= 0.3 is 5.97 Å². The summed E-state index contributed by atoms with van der Waals surface area (Å²) in [5.74, 6) is 0.0247. The van der Waals surface area contributed by atoms with Gasteiger partial charge in [0.25, 0.3) is 0 Å². The van der Waals surface area contributed by atoms with Gasteiger partial charge in [0.1, 0.15) is 12.4 Å². The second-order valence-corrected chi connectivity index (χ2v) is 7.49. The molecule has 4 heteroatoms. The standard InChI is InChI=1S/C25H28O4/c1-18(4-2-7-25(27)28)20-10-14-24(15-11-20)29-17-19-5-3-6-22(16-19)21-8-12-23(26)13-9-21/h3-6,8,10-11,14-16,23,26H,2,7,9,12-13,17H2,1H3,(H,27,28). The van der Waals surface area contributed by atoms with Crippen molar-refractivity contribution in [3.63, 3.8) is 0 Å². The zero-order valence-corrected chi connectivity index (χ0v) is 16.8. The molecule has 0 aromatic heterocycles. The van der Waals surface area contributed by atoms with Gasteiger partial charge in [-0.25, -0.2) is 0 Å². The molecule has 3 rings (SSSR count). The monoisotopic (exact) mass is 392 g/mol. The predicted octanol–water partition coefficient (Wildman–Crippen LogP) is 5.46. The molecule has 2 aromatic carbocycles. The van der Waals surface area contributed by atoms with Crippen LogP contribution in [0.25, 0.3) is 11.1 Å². The number of carbonyl (C=O) groups is 1. The quantitative estimate of drug-likeness (QED) is 0.626. The highest BCUT2D eigenvalue weighted by molar-refractivity contribution is 5.69. The van der Waals surface area contributed by atoms with Crippen molar-refractivity contribution < 1.29 is 19.7 Å². The third kappa shape index (κ3) is 6.33. The Morgan fingerprint density at radius 3 is 2.69 bits per heavy atom. The van der Waals surface area contributed by atoms with Crippen molar-refractivity contribution in [1.82, 2.24) is 0 Å². The van der Waals surface area contributed by atoms with Crippen LogP contribution in [0, 0.1) is 0 Å². The number of aliphatic hydroxyl groups excluding tert-OH is 1. The zero-order valence-electron chi connectivity index (χ0n) is 16.8. The van der Waals surface area contributed by atoms with E-state index in [2.05, 4.69) is 24.3 Å². The Hall–Kier alpha value is -2.85. The van der Waals surface area contributed by atoms with E-state index in [9.17, 15) is 9.90 Å². The average molecular weight is 392 g/mol. The first-order chi connectivity index (χ1) is 14.0.